The van der Waals surface area contributed by atoms with Gasteiger partial charge in [-0.1, -0.05) is 18.2 Å². The minimum Gasteiger partial charge on any atom is -0.460 e. The molecule has 0 saturated carbocycles. The summed E-state index contributed by atoms with van der Waals surface area (Å²) in [5.74, 6) is 0.619. The quantitative estimate of drug-likeness (QED) is 0.312. The van der Waals surface area contributed by atoms with Gasteiger partial charge in [-0.05, 0) is 37.3 Å². The van der Waals surface area contributed by atoms with Crippen LogP contribution in [0.15, 0.2) is 71.1 Å². The van der Waals surface area contributed by atoms with Crippen LogP contribution < -0.4 is 4.90 Å². The molecule has 1 aliphatic heterocycles. The SMILES string of the molecule is Cc1ccc(-c2cc(C(=O)N3CCN(c4ccccc4F)CC3)n(-c3cccc([N+](=O)[O-])c3)n2)o1. The fraction of sp³-hybridized carbons (Fsp3) is 0.200. The van der Waals surface area contributed by atoms with Crippen molar-refractivity contribution in [1.29, 1.82) is 0 Å². The number of nitrogens with zero attached hydrogens (tertiary/aromatic N) is 5. The number of rotatable bonds is 5. The highest BCUT2D eigenvalue weighted by Gasteiger charge is 2.28. The maximum Gasteiger partial charge on any atom is 0.272 e. The lowest BCUT2D eigenvalue weighted by Gasteiger charge is -2.36. The van der Waals surface area contributed by atoms with Crippen LogP contribution in [0.25, 0.3) is 17.1 Å². The number of non-ortho nitro benzene ring substituents is 1. The largest absolute Gasteiger partial charge is 0.460 e. The van der Waals surface area contributed by atoms with Gasteiger partial charge in [0.25, 0.3) is 11.6 Å². The number of nitro benzene ring substituents is 1. The second-order valence-electron chi connectivity index (χ2n) is 8.24. The molecular formula is C25H22FN5O4. The molecule has 0 spiro atoms. The van der Waals surface area contributed by atoms with Crippen LogP contribution in [0.4, 0.5) is 15.8 Å². The first-order valence-corrected chi connectivity index (χ1v) is 11.1. The Balaban J connectivity index is 1.46. The Morgan fingerprint density at radius 2 is 1.80 bits per heavy atom. The Morgan fingerprint density at radius 1 is 1.03 bits per heavy atom. The molecule has 0 bridgehead atoms. The van der Waals surface area contributed by atoms with Crippen molar-refractivity contribution in [2.24, 2.45) is 0 Å². The van der Waals surface area contributed by atoms with E-state index < -0.39 is 4.92 Å². The van der Waals surface area contributed by atoms with Gasteiger partial charge in [-0.2, -0.15) is 5.10 Å². The highest BCUT2D eigenvalue weighted by molar-refractivity contribution is 5.94. The van der Waals surface area contributed by atoms with Crippen molar-refractivity contribution in [3.8, 4) is 17.1 Å². The number of piperazine rings is 1. The van der Waals surface area contributed by atoms with Gasteiger partial charge in [-0.25, -0.2) is 9.07 Å². The average molecular weight is 475 g/mol. The zero-order valence-corrected chi connectivity index (χ0v) is 18.9. The molecule has 0 N–H and O–H groups in total. The minimum atomic E-state index is -0.493. The number of aryl methyl sites for hydroxylation is 1. The number of carbonyl (C=O) groups is 1. The highest BCUT2D eigenvalue weighted by Crippen LogP contribution is 2.27. The van der Waals surface area contributed by atoms with Crippen molar-refractivity contribution in [3.05, 3.63) is 94.1 Å². The number of anilines is 1. The first kappa shape index (κ1) is 22.3. The van der Waals surface area contributed by atoms with Crippen LogP contribution >= 0.6 is 0 Å². The Kier molecular flexibility index (Phi) is 5.77. The summed E-state index contributed by atoms with van der Waals surface area (Å²) in [7, 11) is 0. The number of halogens is 1. The van der Waals surface area contributed by atoms with Crippen molar-refractivity contribution < 1.29 is 18.5 Å². The van der Waals surface area contributed by atoms with Gasteiger partial charge < -0.3 is 14.2 Å². The van der Waals surface area contributed by atoms with Crippen molar-refractivity contribution in [2.45, 2.75) is 6.92 Å². The van der Waals surface area contributed by atoms with Crippen LogP contribution in [0.1, 0.15) is 16.2 Å². The normalized spacial score (nSPS) is 13.8. The van der Waals surface area contributed by atoms with Gasteiger partial charge in [-0.3, -0.25) is 14.9 Å². The minimum absolute atomic E-state index is 0.106. The molecule has 3 heterocycles. The Morgan fingerprint density at radius 3 is 2.49 bits per heavy atom. The molecular weight excluding hydrogens is 453 g/mol. The number of para-hydroxylation sites is 1. The van der Waals surface area contributed by atoms with Crippen LogP contribution in [0.3, 0.4) is 0 Å². The number of carbonyl (C=O) groups excluding carboxylic acids is 1. The lowest BCUT2D eigenvalue weighted by atomic mass is 10.2. The van der Waals surface area contributed by atoms with Gasteiger partial charge in [0.2, 0.25) is 0 Å². The van der Waals surface area contributed by atoms with Crippen LogP contribution in [0, 0.1) is 22.9 Å². The molecule has 1 saturated heterocycles. The van der Waals surface area contributed by atoms with Crippen molar-refractivity contribution in [1.82, 2.24) is 14.7 Å². The van der Waals surface area contributed by atoms with Gasteiger partial charge in [-0.15, -0.1) is 0 Å². The molecule has 2 aromatic heterocycles. The van der Waals surface area contributed by atoms with E-state index in [1.165, 1.54) is 22.9 Å². The van der Waals surface area contributed by atoms with Crippen LogP contribution in [-0.2, 0) is 0 Å². The molecule has 1 amide bonds. The lowest BCUT2D eigenvalue weighted by Crippen LogP contribution is -2.49. The van der Waals surface area contributed by atoms with Gasteiger partial charge in [0.1, 0.15) is 23.0 Å². The third-order valence-corrected chi connectivity index (χ3v) is 5.97. The van der Waals surface area contributed by atoms with E-state index in [9.17, 15) is 19.3 Å². The fourth-order valence-corrected chi connectivity index (χ4v) is 4.18. The molecule has 0 atom stereocenters. The second kappa shape index (κ2) is 9.05. The number of hydrogen-bond donors (Lipinski definition) is 0. The topological polar surface area (TPSA) is 97.7 Å². The summed E-state index contributed by atoms with van der Waals surface area (Å²) in [6.45, 7) is 3.54. The molecule has 0 radical (unpaired) electrons. The van der Waals surface area contributed by atoms with E-state index in [1.54, 1.807) is 53.4 Å². The number of benzene rings is 2. The summed E-state index contributed by atoms with van der Waals surface area (Å²) in [5, 5.41) is 15.9. The predicted molar refractivity (Wildman–Crippen MR) is 127 cm³/mol. The monoisotopic (exact) mass is 475 g/mol. The maximum absolute atomic E-state index is 14.2. The van der Waals surface area contributed by atoms with E-state index in [0.29, 0.717) is 54.8 Å². The van der Waals surface area contributed by atoms with Gasteiger partial charge >= 0.3 is 0 Å². The summed E-state index contributed by atoms with van der Waals surface area (Å²) in [6.07, 6.45) is 0. The third kappa shape index (κ3) is 4.37. The first-order chi connectivity index (χ1) is 16.9. The zero-order valence-electron chi connectivity index (χ0n) is 18.9. The standard InChI is InChI=1S/C25H22FN5O4/c1-17-9-10-24(35-17)21-16-23(30(27-21)18-5-4-6-19(15-18)31(33)34)25(32)29-13-11-28(12-14-29)22-8-3-2-7-20(22)26/h2-10,15-16H,11-14H2,1H3. The maximum atomic E-state index is 14.2. The summed E-state index contributed by atoms with van der Waals surface area (Å²) >= 11 is 0. The number of nitro groups is 1. The van der Waals surface area contributed by atoms with Crippen LogP contribution in [0.2, 0.25) is 0 Å². The van der Waals surface area contributed by atoms with Crippen molar-refractivity contribution in [3.63, 3.8) is 0 Å². The first-order valence-electron chi connectivity index (χ1n) is 11.1. The van der Waals surface area contributed by atoms with Gasteiger partial charge in [0.15, 0.2) is 5.76 Å². The smallest absolute Gasteiger partial charge is 0.272 e. The molecule has 0 aliphatic carbocycles. The lowest BCUT2D eigenvalue weighted by molar-refractivity contribution is -0.384. The summed E-state index contributed by atoms with van der Waals surface area (Å²) < 4.78 is 21.3. The summed E-state index contributed by atoms with van der Waals surface area (Å²) in [5.41, 5.74) is 1.50. The zero-order chi connectivity index (χ0) is 24.5. The second-order valence-corrected chi connectivity index (χ2v) is 8.24. The third-order valence-electron chi connectivity index (χ3n) is 5.97. The number of hydrogen-bond acceptors (Lipinski definition) is 6. The molecule has 5 rings (SSSR count). The fourth-order valence-electron chi connectivity index (χ4n) is 4.18. The van der Waals surface area contributed by atoms with Gasteiger partial charge in [0, 0.05) is 44.4 Å². The summed E-state index contributed by atoms with van der Waals surface area (Å²) in [6, 6.07) is 17.7. The molecule has 35 heavy (non-hydrogen) atoms. The number of amides is 1. The van der Waals surface area contributed by atoms with Crippen molar-refractivity contribution in [2.75, 3.05) is 31.1 Å². The van der Waals surface area contributed by atoms with E-state index in [-0.39, 0.29) is 23.1 Å². The van der Waals surface area contributed by atoms with E-state index in [0.717, 1.165) is 0 Å². The average Bonchev–Trinajstić information content (AvgIpc) is 3.51. The molecule has 1 aliphatic rings. The molecule has 4 aromatic rings. The molecule has 2 aromatic carbocycles. The van der Waals surface area contributed by atoms with Gasteiger partial charge in [0.05, 0.1) is 16.3 Å². The Hall–Kier alpha value is -4.47. The molecule has 1 fully saturated rings. The van der Waals surface area contributed by atoms with E-state index in [4.69, 9.17) is 4.42 Å². The molecule has 9 nitrogen and oxygen atoms in total. The van der Waals surface area contributed by atoms with Crippen LogP contribution in [-0.4, -0.2) is 51.7 Å². The molecule has 0 unspecified atom stereocenters. The van der Waals surface area contributed by atoms with E-state index in [1.807, 2.05) is 11.8 Å². The Labute approximate surface area is 200 Å². The Bertz CT molecular complexity index is 1400. The van der Waals surface area contributed by atoms with E-state index in [2.05, 4.69) is 5.10 Å². The molecule has 10 heteroatoms. The van der Waals surface area contributed by atoms with E-state index >= 15 is 0 Å². The van der Waals surface area contributed by atoms with Crippen LogP contribution in [0.5, 0.6) is 0 Å². The predicted octanol–water partition coefficient (Wildman–Crippen LogP) is 4.45. The summed E-state index contributed by atoms with van der Waals surface area (Å²) in [4.78, 5) is 28.0. The number of furan rings is 1. The molecule has 178 valence electrons. The van der Waals surface area contributed by atoms with Crippen molar-refractivity contribution >= 4 is 17.3 Å². The number of aromatic nitrogens is 2. The highest BCUT2D eigenvalue weighted by atomic mass is 19.1.